The van der Waals surface area contributed by atoms with Crippen molar-refractivity contribution in [3.05, 3.63) is 0 Å². The molecule has 0 saturated heterocycles. The van der Waals surface area contributed by atoms with Gasteiger partial charge in [-0.3, -0.25) is 5.41 Å². The van der Waals surface area contributed by atoms with E-state index >= 15 is 0 Å². The van der Waals surface area contributed by atoms with E-state index in [9.17, 15) is 4.39 Å². The molecule has 0 saturated carbocycles. The molecule has 0 aliphatic carbocycles. The summed E-state index contributed by atoms with van der Waals surface area (Å²) < 4.78 is 11.6. The Balaban J connectivity index is 4.00. The third-order valence-electron chi connectivity index (χ3n) is 0.694. The number of nitrogens with two attached hydrogens (primary N) is 2. The first kappa shape index (κ1) is 8.03. The summed E-state index contributed by atoms with van der Waals surface area (Å²) in [6, 6.07) is -0.499. The molecule has 1 atom stereocenters. The highest BCUT2D eigenvalue weighted by Crippen LogP contribution is 1.80. The Morgan fingerprint density at radius 1 is 1.78 bits per heavy atom. The lowest BCUT2D eigenvalue weighted by molar-refractivity contribution is 0.777. The van der Waals surface area contributed by atoms with Crippen molar-refractivity contribution in [2.75, 3.05) is 0 Å². The number of amidine groups is 2. The fourth-order valence-corrected chi connectivity index (χ4v) is 0.215. The van der Waals surface area contributed by atoms with E-state index in [4.69, 9.17) is 16.9 Å². The van der Waals surface area contributed by atoms with Crippen LogP contribution in [0.4, 0.5) is 4.39 Å². The summed E-state index contributed by atoms with van der Waals surface area (Å²) in [5, 5.41) is 6.23. The van der Waals surface area contributed by atoms with Crippen LogP contribution in [0.1, 0.15) is 6.92 Å². The maximum atomic E-state index is 11.6. The first-order valence-corrected chi connectivity index (χ1v) is 2.37. The number of hydrogen-bond acceptors (Lipinski definition) is 2. The quantitative estimate of drug-likeness (QED) is 0.257. The van der Waals surface area contributed by atoms with Crippen molar-refractivity contribution < 1.29 is 4.39 Å². The molecule has 0 amide bonds. The number of nitrogens with zero attached hydrogens (tertiary/aromatic N) is 1. The first-order valence-electron chi connectivity index (χ1n) is 2.37. The Kier molecular flexibility index (Phi) is 2.80. The summed E-state index contributed by atoms with van der Waals surface area (Å²) in [6.45, 7) is 1.56. The zero-order chi connectivity index (χ0) is 7.44. The van der Waals surface area contributed by atoms with Crippen molar-refractivity contribution in [2.45, 2.75) is 13.0 Å². The summed E-state index contributed by atoms with van der Waals surface area (Å²) >= 11 is 0. The van der Waals surface area contributed by atoms with E-state index in [1.54, 1.807) is 6.92 Å². The molecule has 0 aromatic rings. The monoisotopic (exact) mass is 132 g/mol. The van der Waals surface area contributed by atoms with Crippen LogP contribution in [0.5, 0.6) is 0 Å². The van der Waals surface area contributed by atoms with E-state index in [0.717, 1.165) is 0 Å². The summed E-state index contributed by atoms with van der Waals surface area (Å²) in [5.41, 5.74) is 10.2. The standard InChI is InChI=1S/C4H9FN4/c1-2(6)3(7)9-4(5)8/h2H,6H2,1H3,(H3,7,8,9). The van der Waals surface area contributed by atoms with Crippen molar-refractivity contribution in [1.82, 2.24) is 0 Å². The van der Waals surface area contributed by atoms with Crippen LogP contribution in [-0.4, -0.2) is 18.0 Å². The Hall–Kier alpha value is -0.970. The van der Waals surface area contributed by atoms with Gasteiger partial charge in [0.1, 0.15) is 5.84 Å². The largest absolute Gasteiger partial charge is 0.386 e. The van der Waals surface area contributed by atoms with Gasteiger partial charge in [-0.1, -0.05) is 0 Å². The van der Waals surface area contributed by atoms with E-state index in [0.29, 0.717) is 0 Å². The molecule has 52 valence electrons. The van der Waals surface area contributed by atoms with Gasteiger partial charge < -0.3 is 11.5 Å². The van der Waals surface area contributed by atoms with Crippen LogP contribution in [0.3, 0.4) is 0 Å². The molecule has 0 bridgehead atoms. The number of aliphatic imine (C=N–C) groups is 1. The van der Waals surface area contributed by atoms with Gasteiger partial charge >= 0.3 is 6.09 Å². The topological polar surface area (TPSA) is 88.2 Å². The molecule has 4 nitrogen and oxygen atoms in total. The molecular formula is C4H9FN4. The Labute approximate surface area is 52.3 Å². The van der Waals surface area contributed by atoms with Crippen molar-refractivity contribution >= 4 is 11.9 Å². The minimum Gasteiger partial charge on any atom is -0.386 e. The van der Waals surface area contributed by atoms with Gasteiger partial charge in [-0.05, 0) is 6.92 Å². The second-order valence-corrected chi connectivity index (χ2v) is 1.62. The average Bonchev–Trinajstić information content (AvgIpc) is 1.63. The Morgan fingerprint density at radius 3 is 2.33 bits per heavy atom. The van der Waals surface area contributed by atoms with Crippen LogP contribution in [0.15, 0.2) is 4.99 Å². The predicted octanol–water partition coefficient (Wildman–Crippen LogP) is -0.405. The second-order valence-electron chi connectivity index (χ2n) is 1.62. The van der Waals surface area contributed by atoms with Gasteiger partial charge in [0.25, 0.3) is 0 Å². The van der Waals surface area contributed by atoms with Crippen LogP contribution >= 0.6 is 0 Å². The molecule has 5 heteroatoms. The highest BCUT2D eigenvalue weighted by molar-refractivity contribution is 5.93. The smallest absolute Gasteiger partial charge is 0.302 e. The summed E-state index contributed by atoms with van der Waals surface area (Å²) in [7, 11) is 0. The highest BCUT2D eigenvalue weighted by Gasteiger charge is 1.99. The van der Waals surface area contributed by atoms with E-state index in [1.807, 2.05) is 0 Å². The fourth-order valence-electron chi connectivity index (χ4n) is 0.215. The third-order valence-corrected chi connectivity index (χ3v) is 0.694. The van der Waals surface area contributed by atoms with Gasteiger partial charge in [-0.15, -0.1) is 0 Å². The number of halogens is 1. The average molecular weight is 132 g/mol. The third kappa shape index (κ3) is 3.60. The summed E-state index contributed by atoms with van der Waals surface area (Å²) in [4.78, 5) is 2.96. The molecular weight excluding hydrogens is 123 g/mol. The number of nitrogens with one attached hydrogen (secondary N) is 1. The van der Waals surface area contributed by atoms with Crippen molar-refractivity contribution in [3.8, 4) is 0 Å². The van der Waals surface area contributed by atoms with E-state index < -0.39 is 12.1 Å². The van der Waals surface area contributed by atoms with Gasteiger partial charge in [-0.2, -0.15) is 9.38 Å². The summed E-state index contributed by atoms with van der Waals surface area (Å²) in [6.07, 6.45) is -1.31. The molecule has 0 heterocycles. The lowest BCUT2D eigenvalue weighted by Crippen LogP contribution is -2.34. The number of rotatable bonds is 1. The minimum absolute atomic E-state index is 0.0671. The molecule has 0 fully saturated rings. The van der Waals surface area contributed by atoms with Gasteiger partial charge in [-0.25, -0.2) is 0 Å². The van der Waals surface area contributed by atoms with Crippen molar-refractivity contribution in [1.29, 1.82) is 5.41 Å². The maximum Gasteiger partial charge on any atom is 0.302 e. The molecule has 0 aromatic heterocycles. The summed E-state index contributed by atoms with van der Waals surface area (Å²) in [5.74, 6) is -0.0671. The lowest BCUT2D eigenvalue weighted by atomic mass is 10.3. The van der Waals surface area contributed by atoms with E-state index in [2.05, 4.69) is 4.99 Å². The molecule has 0 radical (unpaired) electrons. The molecule has 1 unspecified atom stereocenters. The molecule has 5 N–H and O–H groups in total. The van der Waals surface area contributed by atoms with Crippen LogP contribution in [0.25, 0.3) is 0 Å². The van der Waals surface area contributed by atoms with Crippen LogP contribution < -0.4 is 11.5 Å². The second kappa shape index (κ2) is 3.13. The highest BCUT2D eigenvalue weighted by atomic mass is 19.1. The van der Waals surface area contributed by atoms with Gasteiger partial charge in [0, 0.05) is 0 Å². The van der Waals surface area contributed by atoms with Gasteiger partial charge in [0.2, 0.25) is 0 Å². The zero-order valence-corrected chi connectivity index (χ0v) is 5.06. The van der Waals surface area contributed by atoms with E-state index in [-0.39, 0.29) is 5.84 Å². The Bertz CT molecular complexity index is 140. The molecule has 0 aromatic carbocycles. The van der Waals surface area contributed by atoms with Crippen molar-refractivity contribution in [3.63, 3.8) is 0 Å². The van der Waals surface area contributed by atoms with Gasteiger partial charge in [0.15, 0.2) is 0 Å². The molecule has 0 aliphatic heterocycles. The predicted molar refractivity (Wildman–Crippen MR) is 34.1 cm³/mol. The number of hydrogen-bond donors (Lipinski definition) is 3. The van der Waals surface area contributed by atoms with Gasteiger partial charge in [0.05, 0.1) is 6.04 Å². The first-order chi connectivity index (χ1) is 4.04. The van der Waals surface area contributed by atoms with Crippen molar-refractivity contribution in [2.24, 2.45) is 16.5 Å². The van der Waals surface area contributed by atoms with Crippen LogP contribution in [-0.2, 0) is 0 Å². The lowest BCUT2D eigenvalue weighted by Gasteiger charge is -2.00. The molecule has 9 heavy (non-hydrogen) atoms. The molecule has 0 aliphatic rings. The van der Waals surface area contributed by atoms with Crippen LogP contribution in [0.2, 0.25) is 0 Å². The Morgan fingerprint density at radius 2 is 2.22 bits per heavy atom. The normalized spacial score (nSPS) is 15.2. The van der Waals surface area contributed by atoms with E-state index in [1.165, 1.54) is 0 Å². The molecule has 0 spiro atoms. The maximum absolute atomic E-state index is 11.6. The minimum atomic E-state index is -1.31. The van der Waals surface area contributed by atoms with Crippen LogP contribution in [0, 0.1) is 5.41 Å². The SMILES string of the molecule is CC(N)C(N)=NC(=N)F. The fraction of sp³-hybridized carbons (Fsp3) is 0.500. The zero-order valence-electron chi connectivity index (χ0n) is 5.06. The molecule has 0 rings (SSSR count).